The van der Waals surface area contributed by atoms with Crippen LogP contribution in [0.25, 0.3) is 0 Å². The fourth-order valence-electron chi connectivity index (χ4n) is 2.15. The number of nitrogens with two attached hydrogens (primary N) is 1. The first-order valence-corrected chi connectivity index (χ1v) is 6.27. The molecule has 1 fully saturated rings. The third kappa shape index (κ3) is 2.85. The zero-order valence-corrected chi connectivity index (χ0v) is 11.8. The van der Waals surface area contributed by atoms with Crippen molar-refractivity contribution < 1.29 is 4.74 Å². The van der Waals surface area contributed by atoms with E-state index in [0.717, 1.165) is 13.0 Å². The molecule has 2 rings (SSSR count). The lowest BCUT2D eigenvalue weighted by atomic mass is 10.1. The molecule has 19 heavy (non-hydrogen) atoms. The summed E-state index contributed by atoms with van der Waals surface area (Å²) in [6.45, 7) is 2.83. The Balaban J connectivity index is 2.29. The number of nitrogens with one attached hydrogen (secondary N) is 1. The highest BCUT2D eigenvalue weighted by Gasteiger charge is 2.29. The van der Waals surface area contributed by atoms with E-state index in [9.17, 15) is 0 Å². The molecule has 0 saturated carbocycles. The van der Waals surface area contributed by atoms with Gasteiger partial charge in [0, 0.05) is 27.7 Å². The molecule has 2 heterocycles. The Kier molecular flexibility index (Phi) is 4.01. The van der Waals surface area contributed by atoms with Gasteiger partial charge in [-0.3, -0.25) is 5.43 Å². The minimum atomic E-state index is 0.166. The molecule has 0 aliphatic carbocycles. The molecule has 0 radical (unpaired) electrons. The third-order valence-electron chi connectivity index (χ3n) is 3.29. The van der Waals surface area contributed by atoms with Gasteiger partial charge in [-0.05, 0) is 13.3 Å². The van der Waals surface area contributed by atoms with E-state index in [1.807, 2.05) is 30.9 Å². The van der Waals surface area contributed by atoms with Crippen LogP contribution in [0.1, 0.15) is 13.3 Å². The number of rotatable bonds is 4. The van der Waals surface area contributed by atoms with Crippen LogP contribution in [0.5, 0.6) is 0 Å². The van der Waals surface area contributed by atoms with Crippen molar-refractivity contribution in [3.63, 3.8) is 0 Å². The van der Waals surface area contributed by atoms with E-state index >= 15 is 0 Å². The van der Waals surface area contributed by atoms with Crippen LogP contribution in [0.2, 0.25) is 0 Å². The van der Waals surface area contributed by atoms with Crippen LogP contribution in [-0.2, 0) is 4.74 Å². The van der Waals surface area contributed by atoms with Gasteiger partial charge in [-0.2, -0.15) is 15.0 Å². The molecule has 0 bridgehead atoms. The molecule has 106 valence electrons. The van der Waals surface area contributed by atoms with Crippen molar-refractivity contribution in [3.05, 3.63) is 0 Å². The number of hydrazine groups is 1. The van der Waals surface area contributed by atoms with Gasteiger partial charge in [0.25, 0.3) is 0 Å². The minimum Gasteiger partial charge on any atom is -0.376 e. The molecule has 1 aliphatic rings. The molecule has 8 nitrogen and oxygen atoms in total. The average Bonchev–Trinajstić information content (AvgIpc) is 2.83. The van der Waals surface area contributed by atoms with Crippen molar-refractivity contribution in [3.8, 4) is 0 Å². The number of anilines is 3. The number of ether oxygens (including phenoxy) is 1. The van der Waals surface area contributed by atoms with E-state index in [4.69, 9.17) is 10.6 Å². The Morgan fingerprint density at radius 3 is 2.42 bits per heavy atom. The predicted molar refractivity (Wildman–Crippen MR) is 74.2 cm³/mol. The van der Waals surface area contributed by atoms with Crippen molar-refractivity contribution in [2.24, 2.45) is 5.84 Å². The summed E-state index contributed by atoms with van der Waals surface area (Å²) >= 11 is 0. The molecule has 3 N–H and O–H groups in total. The van der Waals surface area contributed by atoms with E-state index < -0.39 is 0 Å². The lowest BCUT2D eigenvalue weighted by molar-refractivity contribution is 0.118. The molecule has 8 heteroatoms. The van der Waals surface area contributed by atoms with Gasteiger partial charge in [-0.1, -0.05) is 0 Å². The Bertz CT molecular complexity index is 439. The molecule has 0 spiro atoms. The Hall–Kier alpha value is -1.67. The summed E-state index contributed by atoms with van der Waals surface area (Å²) in [6.07, 6.45) is 1.13. The van der Waals surface area contributed by atoms with Gasteiger partial charge in [-0.25, -0.2) is 5.84 Å². The molecule has 1 saturated heterocycles. The second-order valence-corrected chi connectivity index (χ2v) is 4.84. The lowest BCUT2D eigenvalue weighted by Crippen LogP contribution is -2.38. The fourth-order valence-corrected chi connectivity index (χ4v) is 2.15. The largest absolute Gasteiger partial charge is 0.376 e. The van der Waals surface area contributed by atoms with E-state index in [0.29, 0.717) is 17.8 Å². The molecule has 2 unspecified atom stereocenters. The summed E-state index contributed by atoms with van der Waals surface area (Å²) in [7, 11) is 5.71. The number of likely N-dealkylation sites (N-methyl/N-ethyl adjacent to an activating group) is 1. The predicted octanol–water partition coefficient (Wildman–Crippen LogP) is -0.163. The highest BCUT2D eigenvalue weighted by molar-refractivity contribution is 5.44. The van der Waals surface area contributed by atoms with Gasteiger partial charge in [0.15, 0.2) is 0 Å². The van der Waals surface area contributed by atoms with Crippen LogP contribution in [0.3, 0.4) is 0 Å². The number of hydrogen-bond acceptors (Lipinski definition) is 8. The van der Waals surface area contributed by atoms with E-state index in [1.54, 1.807) is 0 Å². The third-order valence-corrected chi connectivity index (χ3v) is 3.29. The standard InChI is InChI=1S/C11H21N7O/c1-7-8(5-6-19-7)18(4)11-14-9(16-12)13-10(15-11)17(2)3/h7-8H,5-6,12H2,1-4H3,(H,13,14,15,16). The topological polar surface area (TPSA) is 92.4 Å². The van der Waals surface area contributed by atoms with Crippen molar-refractivity contribution in [1.82, 2.24) is 15.0 Å². The van der Waals surface area contributed by atoms with Crippen LogP contribution < -0.4 is 21.1 Å². The molecule has 1 aromatic rings. The van der Waals surface area contributed by atoms with E-state index in [1.165, 1.54) is 0 Å². The van der Waals surface area contributed by atoms with Crippen LogP contribution in [0.4, 0.5) is 17.8 Å². The second kappa shape index (κ2) is 5.54. The quantitative estimate of drug-likeness (QED) is 0.574. The maximum atomic E-state index is 5.58. The Morgan fingerprint density at radius 1 is 1.21 bits per heavy atom. The van der Waals surface area contributed by atoms with Gasteiger partial charge < -0.3 is 14.5 Å². The normalized spacial score (nSPS) is 22.4. The number of nitrogen functional groups attached to an aromatic ring is 1. The molecule has 1 aliphatic heterocycles. The number of nitrogens with zero attached hydrogens (tertiary/aromatic N) is 5. The zero-order chi connectivity index (χ0) is 14.0. The van der Waals surface area contributed by atoms with Crippen LogP contribution in [-0.4, -0.2) is 54.8 Å². The molecule has 2 atom stereocenters. The van der Waals surface area contributed by atoms with E-state index in [2.05, 4.69) is 27.3 Å². The summed E-state index contributed by atoms with van der Waals surface area (Å²) in [5.41, 5.74) is 2.47. The first kappa shape index (κ1) is 13.8. The second-order valence-electron chi connectivity index (χ2n) is 4.84. The van der Waals surface area contributed by atoms with Crippen molar-refractivity contribution in [2.45, 2.75) is 25.5 Å². The van der Waals surface area contributed by atoms with E-state index in [-0.39, 0.29) is 12.1 Å². The van der Waals surface area contributed by atoms with Gasteiger partial charge >= 0.3 is 0 Å². The molecule has 0 amide bonds. The van der Waals surface area contributed by atoms with Crippen molar-refractivity contribution in [1.29, 1.82) is 0 Å². The van der Waals surface area contributed by atoms with Gasteiger partial charge in [0.2, 0.25) is 17.8 Å². The van der Waals surface area contributed by atoms with Gasteiger partial charge in [-0.15, -0.1) is 0 Å². The molecule has 0 aromatic carbocycles. The number of aromatic nitrogens is 3. The number of hydrogen-bond donors (Lipinski definition) is 2. The summed E-state index contributed by atoms with van der Waals surface area (Å²) in [6, 6.07) is 0.267. The molecular weight excluding hydrogens is 246 g/mol. The maximum absolute atomic E-state index is 5.58. The summed E-state index contributed by atoms with van der Waals surface area (Å²) in [5.74, 6) is 6.92. The lowest BCUT2D eigenvalue weighted by Gasteiger charge is -2.27. The fraction of sp³-hybridized carbons (Fsp3) is 0.727. The molecular formula is C11H21N7O. The zero-order valence-electron chi connectivity index (χ0n) is 11.8. The minimum absolute atomic E-state index is 0.166. The van der Waals surface area contributed by atoms with Crippen molar-refractivity contribution in [2.75, 3.05) is 43.0 Å². The van der Waals surface area contributed by atoms with Crippen LogP contribution in [0.15, 0.2) is 0 Å². The highest BCUT2D eigenvalue weighted by atomic mass is 16.5. The summed E-state index contributed by atoms with van der Waals surface area (Å²) < 4.78 is 5.58. The highest BCUT2D eigenvalue weighted by Crippen LogP contribution is 2.23. The summed E-state index contributed by atoms with van der Waals surface area (Å²) in [4.78, 5) is 16.8. The first-order chi connectivity index (χ1) is 9.02. The Morgan fingerprint density at radius 2 is 1.89 bits per heavy atom. The van der Waals surface area contributed by atoms with Crippen molar-refractivity contribution >= 4 is 17.8 Å². The molecule has 1 aromatic heterocycles. The van der Waals surface area contributed by atoms with Crippen LogP contribution in [0, 0.1) is 0 Å². The smallest absolute Gasteiger partial charge is 0.243 e. The first-order valence-electron chi connectivity index (χ1n) is 6.27. The van der Waals surface area contributed by atoms with Gasteiger partial charge in [0.1, 0.15) is 0 Å². The average molecular weight is 267 g/mol. The summed E-state index contributed by atoms with van der Waals surface area (Å²) in [5, 5.41) is 0. The maximum Gasteiger partial charge on any atom is 0.243 e. The van der Waals surface area contributed by atoms with Gasteiger partial charge in [0.05, 0.1) is 12.1 Å². The Labute approximate surface area is 112 Å². The monoisotopic (exact) mass is 267 g/mol. The van der Waals surface area contributed by atoms with Crippen LogP contribution >= 0.6 is 0 Å². The SMILES string of the molecule is CC1OCCC1N(C)c1nc(NN)nc(N(C)C)n1.